The molecule has 0 amide bonds. The summed E-state index contributed by atoms with van der Waals surface area (Å²) in [5.41, 5.74) is 1.61. The quantitative estimate of drug-likeness (QED) is 0.798. The molecule has 0 aromatic carbocycles. The second kappa shape index (κ2) is 5.78. The maximum absolute atomic E-state index is 10.7. The van der Waals surface area contributed by atoms with E-state index in [0.717, 1.165) is 36.0 Å². The largest absolute Gasteiger partial charge is 0.478 e. The summed E-state index contributed by atoms with van der Waals surface area (Å²) in [5, 5.41) is 22.0. The topological polar surface area (TPSA) is 82.2 Å². The molecule has 1 heterocycles. The van der Waals surface area contributed by atoms with Crippen LogP contribution in [0, 0.1) is 18.3 Å². The van der Waals surface area contributed by atoms with E-state index in [4.69, 9.17) is 10.4 Å². The summed E-state index contributed by atoms with van der Waals surface area (Å²) in [4.78, 5) is 12.9. The van der Waals surface area contributed by atoms with Crippen molar-refractivity contribution >= 4 is 17.9 Å². The Balaban J connectivity index is 2.37. The van der Waals surface area contributed by atoms with Crippen molar-refractivity contribution in [2.75, 3.05) is 11.4 Å². The molecule has 6 nitrogen and oxygen atoms in total. The third kappa shape index (κ3) is 2.99. The molecule has 0 bridgehead atoms. The Hall–Kier alpha value is -2.29. The molecule has 0 atom stereocenters. The fourth-order valence-electron chi connectivity index (χ4n) is 2.37. The van der Waals surface area contributed by atoms with Gasteiger partial charge in [-0.05, 0) is 25.8 Å². The Morgan fingerprint density at radius 3 is 2.90 bits per heavy atom. The summed E-state index contributed by atoms with van der Waals surface area (Å²) in [6.45, 7) is 2.51. The van der Waals surface area contributed by atoms with Crippen LogP contribution in [0.4, 0.5) is 5.82 Å². The van der Waals surface area contributed by atoms with Crippen molar-refractivity contribution in [2.24, 2.45) is 7.05 Å². The molecule has 1 aliphatic carbocycles. The van der Waals surface area contributed by atoms with Crippen LogP contribution in [0.5, 0.6) is 0 Å². The summed E-state index contributed by atoms with van der Waals surface area (Å²) in [6.07, 6.45) is 5.38. The SMILES string of the molecule is Cc1nn(C)c(N(CCC#N)C2CC2)c1C=CC(=O)O. The summed E-state index contributed by atoms with van der Waals surface area (Å²) >= 11 is 0. The number of nitrogens with zero attached hydrogens (tertiary/aromatic N) is 4. The molecule has 1 aromatic rings. The highest BCUT2D eigenvalue weighted by Gasteiger charge is 2.32. The maximum atomic E-state index is 10.7. The molecule has 0 radical (unpaired) electrons. The molecule has 1 fully saturated rings. The minimum absolute atomic E-state index is 0.440. The molecule has 1 saturated carbocycles. The van der Waals surface area contributed by atoms with Gasteiger partial charge in [-0.3, -0.25) is 4.68 Å². The highest BCUT2D eigenvalue weighted by atomic mass is 16.4. The molecule has 106 valence electrons. The zero-order valence-corrected chi connectivity index (χ0v) is 11.7. The highest BCUT2D eigenvalue weighted by Crippen LogP contribution is 2.35. The number of carboxylic acid groups (broad SMARTS) is 1. The fraction of sp³-hybridized carbons (Fsp3) is 0.500. The van der Waals surface area contributed by atoms with Gasteiger partial charge in [0.05, 0.1) is 18.2 Å². The van der Waals surface area contributed by atoms with Crippen molar-refractivity contribution in [2.45, 2.75) is 32.2 Å². The lowest BCUT2D eigenvalue weighted by Gasteiger charge is -2.24. The van der Waals surface area contributed by atoms with Gasteiger partial charge in [0.15, 0.2) is 0 Å². The molecule has 0 aliphatic heterocycles. The van der Waals surface area contributed by atoms with E-state index in [1.807, 2.05) is 14.0 Å². The van der Waals surface area contributed by atoms with Crippen LogP contribution in [0.1, 0.15) is 30.5 Å². The van der Waals surface area contributed by atoms with Crippen molar-refractivity contribution < 1.29 is 9.90 Å². The van der Waals surface area contributed by atoms with Gasteiger partial charge < -0.3 is 10.0 Å². The van der Waals surface area contributed by atoms with E-state index in [-0.39, 0.29) is 0 Å². The second-order valence-electron chi connectivity index (χ2n) is 4.95. The zero-order chi connectivity index (χ0) is 14.7. The summed E-state index contributed by atoms with van der Waals surface area (Å²) in [6, 6.07) is 2.60. The Kier molecular flexibility index (Phi) is 4.08. The van der Waals surface area contributed by atoms with Gasteiger partial charge >= 0.3 is 5.97 Å². The van der Waals surface area contributed by atoms with E-state index in [9.17, 15) is 4.79 Å². The van der Waals surface area contributed by atoms with E-state index in [1.54, 1.807) is 10.8 Å². The molecule has 0 spiro atoms. The van der Waals surface area contributed by atoms with Gasteiger partial charge in [-0.15, -0.1) is 0 Å². The zero-order valence-electron chi connectivity index (χ0n) is 11.7. The van der Waals surface area contributed by atoms with Crippen molar-refractivity contribution in [1.29, 1.82) is 5.26 Å². The summed E-state index contributed by atoms with van der Waals surface area (Å²) < 4.78 is 1.77. The number of carboxylic acids is 1. The number of hydrogen-bond acceptors (Lipinski definition) is 4. The number of hydrogen-bond donors (Lipinski definition) is 1. The van der Waals surface area contributed by atoms with Crippen LogP contribution in [0.25, 0.3) is 6.08 Å². The number of rotatable bonds is 6. The normalized spacial score (nSPS) is 14.4. The predicted octanol–water partition coefficient (Wildman–Crippen LogP) is 1.71. The Morgan fingerprint density at radius 2 is 2.35 bits per heavy atom. The Labute approximate surface area is 117 Å². The van der Waals surface area contributed by atoms with E-state index in [0.29, 0.717) is 19.0 Å². The van der Waals surface area contributed by atoms with Crippen LogP contribution in [-0.2, 0) is 11.8 Å². The van der Waals surface area contributed by atoms with Gasteiger partial charge in [0.1, 0.15) is 5.82 Å². The van der Waals surface area contributed by atoms with Crippen LogP contribution in [0.2, 0.25) is 0 Å². The van der Waals surface area contributed by atoms with E-state index >= 15 is 0 Å². The van der Waals surface area contributed by atoms with E-state index < -0.39 is 5.97 Å². The lowest BCUT2D eigenvalue weighted by molar-refractivity contribution is -0.131. The molecule has 0 unspecified atom stereocenters. The standard InChI is InChI=1S/C14H18N4O2/c1-10-12(6-7-13(19)20)14(17(2)16-10)18(9-3-8-15)11-4-5-11/h6-7,11H,3-5,9H2,1-2H3,(H,19,20). The number of nitriles is 1. The van der Waals surface area contributed by atoms with Gasteiger partial charge in [0.2, 0.25) is 0 Å². The van der Waals surface area contributed by atoms with Crippen LogP contribution < -0.4 is 4.90 Å². The minimum atomic E-state index is -0.978. The first-order valence-corrected chi connectivity index (χ1v) is 6.62. The van der Waals surface area contributed by atoms with Gasteiger partial charge in [-0.1, -0.05) is 0 Å². The first-order valence-electron chi connectivity index (χ1n) is 6.62. The molecular weight excluding hydrogens is 256 g/mol. The average molecular weight is 274 g/mol. The smallest absolute Gasteiger partial charge is 0.328 e. The third-order valence-corrected chi connectivity index (χ3v) is 3.35. The first kappa shape index (κ1) is 14.1. The average Bonchev–Trinajstić information content (AvgIpc) is 3.16. The van der Waals surface area contributed by atoms with Crippen molar-refractivity contribution in [1.82, 2.24) is 9.78 Å². The number of aliphatic carboxylic acids is 1. The van der Waals surface area contributed by atoms with Crippen molar-refractivity contribution in [3.8, 4) is 6.07 Å². The maximum Gasteiger partial charge on any atom is 0.328 e. The monoisotopic (exact) mass is 274 g/mol. The molecule has 1 aliphatic rings. The summed E-state index contributed by atoms with van der Waals surface area (Å²) in [5.74, 6) is -0.0769. The van der Waals surface area contributed by atoms with Crippen LogP contribution in [0.3, 0.4) is 0 Å². The number of carbonyl (C=O) groups is 1. The molecule has 6 heteroatoms. The van der Waals surface area contributed by atoms with Crippen LogP contribution in [0.15, 0.2) is 6.08 Å². The summed E-state index contributed by atoms with van der Waals surface area (Å²) in [7, 11) is 1.85. The lowest BCUT2D eigenvalue weighted by atomic mass is 10.2. The molecule has 2 rings (SSSR count). The number of aromatic nitrogens is 2. The molecule has 1 aromatic heterocycles. The number of anilines is 1. The highest BCUT2D eigenvalue weighted by molar-refractivity contribution is 5.87. The first-order chi connectivity index (χ1) is 9.54. The van der Waals surface area contributed by atoms with Gasteiger partial charge in [0, 0.05) is 31.3 Å². The fourth-order valence-corrected chi connectivity index (χ4v) is 2.37. The molecule has 1 N–H and O–H groups in total. The molecule has 20 heavy (non-hydrogen) atoms. The van der Waals surface area contributed by atoms with Crippen molar-refractivity contribution in [3.63, 3.8) is 0 Å². The van der Waals surface area contributed by atoms with Crippen LogP contribution >= 0.6 is 0 Å². The van der Waals surface area contributed by atoms with Gasteiger partial charge in [-0.25, -0.2) is 4.79 Å². The Morgan fingerprint density at radius 1 is 1.65 bits per heavy atom. The van der Waals surface area contributed by atoms with Gasteiger partial charge in [0.25, 0.3) is 0 Å². The third-order valence-electron chi connectivity index (χ3n) is 3.35. The van der Waals surface area contributed by atoms with Crippen molar-refractivity contribution in [3.05, 3.63) is 17.3 Å². The predicted molar refractivity (Wildman–Crippen MR) is 75.2 cm³/mol. The van der Waals surface area contributed by atoms with E-state index in [2.05, 4.69) is 16.1 Å². The molecule has 0 saturated heterocycles. The lowest BCUT2D eigenvalue weighted by Crippen LogP contribution is -2.29. The number of aryl methyl sites for hydroxylation is 2. The second-order valence-corrected chi connectivity index (χ2v) is 4.95. The van der Waals surface area contributed by atoms with Crippen LogP contribution in [-0.4, -0.2) is 33.4 Å². The van der Waals surface area contributed by atoms with E-state index in [1.165, 1.54) is 0 Å². The minimum Gasteiger partial charge on any atom is -0.478 e. The van der Waals surface area contributed by atoms with Gasteiger partial charge in [-0.2, -0.15) is 10.4 Å². The Bertz CT molecular complexity index is 579. The molecular formula is C14H18N4O2.